The Bertz CT molecular complexity index is 561. The molecule has 1 aromatic carbocycles. The number of nitrogens with two attached hydrogens (primary N) is 1. The van der Waals surface area contributed by atoms with Crippen molar-refractivity contribution in [3.8, 4) is 0 Å². The van der Waals surface area contributed by atoms with Crippen molar-refractivity contribution in [1.29, 1.82) is 0 Å². The van der Waals surface area contributed by atoms with E-state index in [-0.39, 0.29) is 5.75 Å². The third-order valence-corrected chi connectivity index (χ3v) is 6.18. The summed E-state index contributed by atoms with van der Waals surface area (Å²) in [5.74, 6) is 0.176. The second-order valence-electron chi connectivity index (χ2n) is 6.04. The first kappa shape index (κ1) is 16.5. The van der Waals surface area contributed by atoms with Crippen molar-refractivity contribution in [1.82, 2.24) is 4.90 Å². The van der Waals surface area contributed by atoms with E-state index in [1.165, 1.54) is 6.42 Å². The highest BCUT2D eigenvalue weighted by molar-refractivity contribution is 7.91. The number of sulfone groups is 1. The van der Waals surface area contributed by atoms with Gasteiger partial charge in [-0.2, -0.15) is 0 Å². The summed E-state index contributed by atoms with van der Waals surface area (Å²) in [5.41, 5.74) is 6.44. The van der Waals surface area contributed by atoms with Crippen LogP contribution in [0.2, 0.25) is 0 Å². The number of hydrogen-bond donors (Lipinski definition) is 1. The fourth-order valence-electron chi connectivity index (χ4n) is 3.12. The summed E-state index contributed by atoms with van der Waals surface area (Å²) in [6.45, 7) is 5.36. The molecular weight excluding hydrogens is 284 g/mol. The third-order valence-electron chi connectivity index (χ3n) is 4.49. The number of hydrogen-bond acceptors (Lipinski definition) is 4. The SMILES string of the molecule is C[C@@H]1CCC[C@H](C)N1CCS(=O)(=O)c1cccc(CN)c1. The summed E-state index contributed by atoms with van der Waals surface area (Å²) >= 11 is 0. The van der Waals surface area contributed by atoms with Crippen molar-refractivity contribution in [2.24, 2.45) is 5.73 Å². The summed E-state index contributed by atoms with van der Waals surface area (Å²) in [6.07, 6.45) is 3.56. The van der Waals surface area contributed by atoms with E-state index < -0.39 is 9.84 Å². The molecule has 0 radical (unpaired) electrons. The van der Waals surface area contributed by atoms with Gasteiger partial charge in [-0.3, -0.25) is 4.90 Å². The maximum atomic E-state index is 12.5. The van der Waals surface area contributed by atoms with E-state index >= 15 is 0 Å². The van der Waals surface area contributed by atoms with Gasteiger partial charge in [0.05, 0.1) is 10.6 Å². The Hall–Kier alpha value is -0.910. The van der Waals surface area contributed by atoms with Gasteiger partial charge in [-0.05, 0) is 44.4 Å². The van der Waals surface area contributed by atoms with Crippen LogP contribution in [0.5, 0.6) is 0 Å². The van der Waals surface area contributed by atoms with Gasteiger partial charge in [0.25, 0.3) is 0 Å². The zero-order valence-electron chi connectivity index (χ0n) is 13.0. The Balaban J connectivity index is 2.06. The molecule has 0 aromatic heterocycles. The predicted octanol–water partition coefficient (Wildman–Crippen LogP) is 2.18. The normalized spacial score (nSPS) is 24.1. The Morgan fingerprint density at radius 2 is 1.90 bits per heavy atom. The molecule has 0 aliphatic carbocycles. The Kier molecular flexibility index (Phi) is 5.41. The van der Waals surface area contributed by atoms with Gasteiger partial charge in [0.1, 0.15) is 0 Å². The topological polar surface area (TPSA) is 63.4 Å². The summed E-state index contributed by atoms with van der Waals surface area (Å²) in [6, 6.07) is 7.92. The van der Waals surface area contributed by atoms with Crippen LogP contribution < -0.4 is 5.73 Å². The molecule has 0 spiro atoms. The van der Waals surface area contributed by atoms with Gasteiger partial charge in [-0.25, -0.2) is 8.42 Å². The van der Waals surface area contributed by atoms with Gasteiger partial charge in [0, 0.05) is 25.2 Å². The molecule has 1 heterocycles. The van der Waals surface area contributed by atoms with Gasteiger partial charge < -0.3 is 5.73 Å². The fourth-order valence-corrected chi connectivity index (χ4v) is 4.43. The van der Waals surface area contributed by atoms with Crippen LogP contribution in [0, 0.1) is 0 Å². The predicted molar refractivity (Wildman–Crippen MR) is 85.9 cm³/mol. The smallest absolute Gasteiger partial charge is 0.179 e. The molecule has 4 nitrogen and oxygen atoms in total. The van der Waals surface area contributed by atoms with Crippen LogP contribution >= 0.6 is 0 Å². The molecule has 1 aromatic rings. The Morgan fingerprint density at radius 3 is 2.52 bits per heavy atom. The van der Waals surface area contributed by atoms with Crippen molar-refractivity contribution < 1.29 is 8.42 Å². The van der Waals surface area contributed by atoms with E-state index in [4.69, 9.17) is 5.73 Å². The van der Waals surface area contributed by atoms with Gasteiger partial charge in [0.2, 0.25) is 0 Å². The lowest BCUT2D eigenvalue weighted by Crippen LogP contribution is -2.45. The maximum absolute atomic E-state index is 12.5. The highest BCUT2D eigenvalue weighted by atomic mass is 32.2. The largest absolute Gasteiger partial charge is 0.326 e. The molecular formula is C16H26N2O2S. The summed E-state index contributed by atoms with van der Waals surface area (Å²) in [7, 11) is -3.24. The van der Waals surface area contributed by atoms with E-state index in [1.807, 2.05) is 6.07 Å². The molecule has 1 aliphatic rings. The molecule has 2 atom stereocenters. The van der Waals surface area contributed by atoms with Crippen molar-refractivity contribution in [3.63, 3.8) is 0 Å². The lowest BCUT2D eigenvalue weighted by molar-refractivity contribution is 0.111. The molecule has 2 N–H and O–H groups in total. The molecule has 0 saturated carbocycles. The standard InChI is InChI=1S/C16H26N2O2S/c1-13-5-3-6-14(2)18(13)9-10-21(19,20)16-8-4-7-15(11-16)12-17/h4,7-8,11,13-14H,3,5-6,9-10,12,17H2,1-2H3/t13-,14+. The molecule has 0 amide bonds. The Labute approximate surface area is 128 Å². The second kappa shape index (κ2) is 6.90. The molecule has 0 bridgehead atoms. The summed E-state index contributed by atoms with van der Waals surface area (Å²) in [4.78, 5) is 2.72. The first-order chi connectivity index (χ1) is 9.94. The van der Waals surface area contributed by atoms with Crippen LogP contribution in [0.4, 0.5) is 0 Å². The van der Waals surface area contributed by atoms with Crippen molar-refractivity contribution >= 4 is 9.84 Å². The minimum atomic E-state index is -3.24. The average Bonchev–Trinajstić information content (AvgIpc) is 2.47. The number of likely N-dealkylation sites (tertiary alicyclic amines) is 1. The quantitative estimate of drug-likeness (QED) is 0.905. The number of rotatable bonds is 5. The van der Waals surface area contributed by atoms with Gasteiger partial charge in [0.15, 0.2) is 9.84 Å². The number of piperidine rings is 1. The van der Waals surface area contributed by atoms with E-state index in [1.54, 1.807) is 18.2 Å². The van der Waals surface area contributed by atoms with Gasteiger partial charge in [-0.1, -0.05) is 18.6 Å². The first-order valence-electron chi connectivity index (χ1n) is 7.71. The second-order valence-corrected chi connectivity index (χ2v) is 8.15. The van der Waals surface area contributed by atoms with E-state index in [9.17, 15) is 8.42 Å². The first-order valence-corrected chi connectivity index (χ1v) is 9.37. The van der Waals surface area contributed by atoms with Crippen LogP contribution in [0.15, 0.2) is 29.2 Å². The molecule has 21 heavy (non-hydrogen) atoms. The molecule has 1 saturated heterocycles. The zero-order valence-corrected chi connectivity index (χ0v) is 13.8. The third kappa shape index (κ3) is 4.05. The minimum Gasteiger partial charge on any atom is -0.326 e. The van der Waals surface area contributed by atoms with Crippen LogP contribution in [0.1, 0.15) is 38.7 Å². The van der Waals surface area contributed by atoms with Crippen LogP contribution in [0.3, 0.4) is 0 Å². The van der Waals surface area contributed by atoms with Crippen LogP contribution in [-0.2, 0) is 16.4 Å². The average molecular weight is 310 g/mol. The van der Waals surface area contributed by atoms with E-state index in [2.05, 4.69) is 18.7 Å². The molecule has 118 valence electrons. The van der Waals surface area contributed by atoms with Gasteiger partial charge in [-0.15, -0.1) is 0 Å². The highest BCUT2D eigenvalue weighted by Gasteiger charge is 2.26. The van der Waals surface area contributed by atoms with E-state index in [0.717, 1.165) is 18.4 Å². The van der Waals surface area contributed by atoms with Crippen molar-refractivity contribution in [2.45, 2.75) is 56.6 Å². The lowest BCUT2D eigenvalue weighted by atomic mass is 9.98. The lowest BCUT2D eigenvalue weighted by Gasteiger charge is -2.38. The minimum absolute atomic E-state index is 0.176. The molecule has 0 unspecified atom stereocenters. The fraction of sp³-hybridized carbons (Fsp3) is 0.625. The zero-order chi connectivity index (χ0) is 15.5. The molecule has 5 heteroatoms. The number of benzene rings is 1. The number of nitrogens with zero attached hydrogens (tertiary/aromatic N) is 1. The molecule has 1 aliphatic heterocycles. The summed E-state index contributed by atoms with van der Waals surface area (Å²) < 4.78 is 25.0. The van der Waals surface area contributed by atoms with E-state index in [0.29, 0.717) is 30.1 Å². The molecule has 1 fully saturated rings. The van der Waals surface area contributed by atoms with Crippen LogP contribution in [0.25, 0.3) is 0 Å². The molecule has 2 rings (SSSR count). The van der Waals surface area contributed by atoms with Crippen LogP contribution in [-0.4, -0.2) is 37.7 Å². The van der Waals surface area contributed by atoms with Crippen molar-refractivity contribution in [3.05, 3.63) is 29.8 Å². The van der Waals surface area contributed by atoms with Gasteiger partial charge >= 0.3 is 0 Å². The van der Waals surface area contributed by atoms with Crippen molar-refractivity contribution in [2.75, 3.05) is 12.3 Å². The highest BCUT2D eigenvalue weighted by Crippen LogP contribution is 2.23. The monoisotopic (exact) mass is 310 g/mol. The Morgan fingerprint density at radius 1 is 1.24 bits per heavy atom. The summed E-state index contributed by atoms with van der Waals surface area (Å²) in [5, 5.41) is 0. The maximum Gasteiger partial charge on any atom is 0.179 e.